The maximum atomic E-state index is 6.02. The van der Waals surface area contributed by atoms with Crippen molar-refractivity contribution in [1.29, 1.82) is 0 Å². The molecular weight excluding hydrogens is 256 g/mol. The zero-order valence-corrected chi connectivity index (χ0v) is 12.3. The summed E-state index contributed by atoms with van der Waals surface area (Å²) in [5.74, 6) is 0. The van der Waals surface area contributed by atoms with Crippen LogP contribution in [0.3, 0.4) is 0 Å². The van der Waals surface area contributed by atoms with E-state index < -0.39 is 0 Å². The van der Waals surface area contributed by atoms with Gasteiger partial charge in [0, 0.05) is 29.4 Å². The lowest BCUT2D eigenvalue weighted by atomic mass is 9.96. The highest BCUT2D eigenvalue weighted by atomic mass is 35.5. The third-order valence-corrected chi connectivity index (χ3v) is 3.71. The van der Waals surface area contributed by atoms with Gasteiger partial charge < -0.3 is 5.32 Å². The number of halogens is 1. The summed E-state index contributed by atoms with van der Waals surface area (Å²) in [5, 5.41) is 4.15. The molecule has 2 rings (SSSR count). The van der Waals surface area contributed by atoms with E-state index >= 15 is 0 Å². The van der Waals surface area contributed by atoms with Gasteiger partial charge in [-0.15, -0.1) is 0 Å². The molecule has 1 atom stereocenters. The Morgan fingerprint density at radius 3 is 2.63 bits per heavy atom. The molecule has 3 heteroatoms. The van der Waals surface area contributed by atoms with Crippen LogP contribution in [0, 0.1) is 13.8 Å². The van der Waals surface area contributed by atoms with E-state index in [-0.39, 0.29) is 6.04 Å². The minimum atomic E-state index is 0.255. The fourth-order valence-corrected chi connectivity index (χ4v) is 2.55. The van der Waals surface area contributed by atoms with Crippen molar-refractivity contribution in [1.82, 2.24) is 10.3 Å². The number of hydrogen-bond donors (Lipinski definition) is 1. The van der Waals surface area contributed by atoms with Crippen molar-refractivity contribution < 1.29 is 0 Å². The van der Waals surface area contributed by atoms with Crippen molar-refractivity contribution in [2.45, 2.75) is 26.3 Å². The van der Waals surface area contributed by atoms with Crippen molar-refractivity contribution in [3.8, 4) is 0 Å². The number of nitrogens with one attached hydrogen (secondary N) is 1. The van der Waals surface area contributed by atoms with Crippen molar-refractivity contribution in [3.05, 3.63) is 63.9 Å². The van der Waals surface area contributed by atoms with E-state index in [0.29, 0.717) is 0 Å². The Bertz CT molecular complexity index is 566. The summed E-state index contributed by atoms with van der Waals surface area (Å²) in [6.45, 7) is 4.20. The monoisotopic (exact) mass is 274 g/mol. The van der Waals surface area contributed by atoms with E-state index in [1.807, 2.05) is 31.4 Å². The number of benzene rings is 1. The van der Waals surface area contributed by atoms with Crippen LogP contribution in [0.4, 0.5) is 0 Å². The van der Waals surface area contributed by atoms with Crippen LogP contribution >= 0.6 is 11.6 Å². The molecule has 0 radical (unpaired) electrons. The number of pyridine rings is 1. The first kappa shape index (κ1) is 14.0. The van der Waals surface area contributed by atoms with Gasteiger partial charge in [-0.3, -0.25) is 4.98 Å². The molecule has 1 aromatic carbocycles. The highest BCUT2D eigenvalue weighted by molar-refractivity contribution is 6.30. The molecule has 1 heterocycles. The lowest BCUT2D eigenvalue weighted by Gasteiger charge is -2.19. The van der Waals surface area contributed by atoms with Crippen LogP contribution in [0.15, 0.2) is 36.5 Å². The summed E-state index contributed by atoms with van der Waals surface area (Å²) in [7, 11) is 1.98. The topological polar surface area (TPSA) is 24.9 Å². The minimum absolute atomic E-state index is 0.255. The Labute approximate surface area is 119 Å². The van der Waals surface area contributed by atoms with Gasteiger partial charge in [0.1, 0.15) is 0 Å². The molecule has 0 fully saturated rings. The summed E-state index contributed by atoms with van der Waals surface area (Å²) in [6.07, 6.45) is 2.73. The largest absolute Gasteiger partial charge is 0.313 e. The number of rotatable bonds is 4. The molecule has 0 bridgehead atoms. The maximum Gasteiger partial charge on any atom is 0.0451 e. The summed E-state index contributed by atoms with van der Waals surface area (Å²) >= 11 is 6.02. The molecule has 0 spiro atoms. The first-order valence-corrected chi connectivity index (χ1v) is 6.83. The normalized spacial score (nSPS) is 12.4. The van der Waals surface area contributed by atoms with Crippen molar-refractivity contribution in [2.24, 2.45) is 0 Å². The molecule has 0 saturated carbocycles. The molecule has 19 heavy (non-hydrogen) atoms. The molecule has 2 nitrogen and oxygen atoms in total. The predicted octanol–water partition coefficient (Wildman–Crippen LogP) is 3.86. The lowest BCUT2D eigenvalue weighted by molar-refractivity contribution is 0.580. The Morgan fingerprint density at radius 1 is 1.21 bits per heavy atom. The zero-order chi connectivity index (χ0) is 13.8. The van der Waals surface area contributed by atoms with Crippen LogP contribution in [0.25, 0.3) is 0 Å². The van der Waals surface area contributed by atoms with Gasteiger partial charge in [-0.05, 0) is 55.8 Å². The molecule has 100 valence electrons. The summed E-state index contributed by atoms with van der Waals surface area (Å²) < 4.78 is 0. The average molecular weight is 275 g/mol. The summed E-state index contributed by atoms with van der Waals surface area (Å²) in [6, 6.07) is 10.4. The summed E-state index contributed by atoms with van der Waals surface area (Å²) in [5.41, 5.74) is 4.85. The van der Waals surface area contributed by atoms with Gasteiger partial charge in [0.2, 0.25) is 0 Å². The molecule has 1 N–H and O–H groups in total. The SMILES string of the molecule is CNC(Cc1ncccc1C)c1ccc(Cl)cc1C. The number of aromatic nitrogens is 1. The van der Waals surface area contributed by atoms with Gasteiger partial charge in [-0.2, -0.15) is 0 Å². The second-order valence-corrected chi connectivity index (χ2v) is 5.25. The van der Waals surface area contributed by atoms with Crippen LogP contribution in [0.1, 0.15) is 28.4 Å². The third-order valence-electron chi connectivity index (χ3n) is 3.47. The zero-order valence-electron chi connectivity index (χ0n) is 11.6. The third kappa shape index (κ3) is 3.34. The minimum Gasteiger partial charge on any atom is -0.313 e. The molecule has 0 aliphatic rings. The first-order chi connectivity index (χ1) is 9.11. The fraction of sp³-hybridized carbons (Fsp3) is 0.312. The van der Waals surface area contributed by atoms with Crippen LogP contribution in [-0.4, -0.2) is 12.0 Å². The van der Waals surface area contributed by atoms with Crippen molar-refractivity contribution >= 4 is 11.6 Å². The highest BCUT2D eigenvalue weighted by Crippen LogP contribution is 2.24. The quantitative estimate of drug-likeness (QED) is 0.916. The molecule has 0 aliphatic heterocycles. The van der Waals surface area contributed by atoms with Gasteiger partial charge in [0.05, 0.1) is 0 Å². The number of hydrogen-bond acceptors (Lipinski definition) is 2. The van der Waals surface area contributed by atoms with E-state index in [2.05, 4.69) is 36.3 Å². The molecule has 1 unspecified atom stereocenters. The Kier molecular flexibility index (Phi) is 4.56. The van der Waals surface area contributed by atoms with E-state index in [1.165, 1.54) is 16.7 Å². The van der Waals surface area contributed by atoms with E-state index in [0.717, 1.165) is 17.1 Å². The second-order valence-electron chi connectivity index (χ2n) is 4.81. The fourth-order valence-electron chi connectivity index (χ4n) is 2.32. The molecular formula is C16H19ClN2. The van der Waals surface area contributed by atoms with E-state index in [4.69, 9.17) is 11.6 Å². The second kappa shape index (κ2) is 6.18. The maximum absolute atomic E-state index is 6.02. The molecule has 0 saturated heterocycles. The van der Waals surface area contributed by atoms with E-state index in [9.17, 15) is 0 Å². The number of aryl methyl sites for hydroxylation is 2. The number of likely N-dealkylation sites (N-methyl/N-ethyl adjacent to an activating group) is 1. The standard InChI is InChI=1S/C16H19ClN2/c1-11-5-4-8-19-15(11)10-16(18-3)14-7-6-13(17)9-12(14)2/h4-9,16,18H,10H2,1-3H3. The molecule has 0 aliphatic carbocycles. The average Bonchev–Trinajstić information content (AvgIpc) is 2.39. The molecule has 0 amide bonds. The Morgan fingerprint density at radius 2 is 2.00 bits per heavy atom. The lowest BCUT2D eigenvalue weighted by Crippen LogP contribution is -2.20. The molecule has 1 aromatic heterocycles. The highest BCUT2D eigenvalue weighted by Gasteiger charge is 2.14. The van der Waals surface area contributed by atoms with Crippen LogP contribution in [0.2, 0.25) is 5.02 Å². The van der Waals surface area contributed by atoms with Gasteiger partial charge in [0.25, 0.3) is 0 Å². The van der Waals surface area contributed by atoms with Crippen LogP contribution in [-0.2, 0) is 6.42 Å². The Balaban J connectivity index is 2.28. The molecule has 2 aromatic rings. The van der Waals surface area contributed by atoms with Crippen LogP contribution in [0.5, 0.6) is 0 Å². The van der Waals surface area contributed by atoms with Crippen molar-refractivity contribution in [2.75, 3.05) is 7.05 Å². The van der Waals surface area contributed by atoms with Gasteiger partial charge >= 0.3 is 0 Å². The number of nitrogens with zero attached hydrogens (tertiary/aromatic N) is 1. The van der Waals surface area contributed by atoms with Gasteiger partial charge in [0.15, 0.2) is 0 Å². The van der Waals surface area contributed by atoms with E-state index in [1.54, 1.807) is 0 Å². The van der Waals surface area contributed by atoms with Gasteiger partial charge in [-0.25, -0.2) is 0 Å². The van der Waals surface area contributed by atoms with Gasteiger partial charge in [-0.1, -0.05) is 23.7 Å². The smallest absolute Gasteiger partial charge is 0.0451 e. The Hall–Kier alpha value is -1.38. The van der Waals surface area contributed by atoms with Crippen molar-refractivity contribution in [3.63, 3.8) is 0 Å². The summed E-state index contributed by atoms with van der Waals surface area (Å²) in [4.78, 5) is 4.47. The first-order valence-electron chi connectivity index (χ1n) is 6.45. The predicted molar refractivity (Wildman–Crippen MR) is 80.7 cm³/mol. The van der Waals surface area contributed by atoms with Crippen LogP contribution < -0.4 is 5.32 Å².